The number of rotatable bonds is 1. The summed E-state index contributed by atoms with van der Waals surface area (Å²) in [6.45, 7) is 20.7. The number of nitrogens with zero attached hydrogens (tertiary/aromatic N) is 1. The zero-order valence-corrected chi connectivity index (χ0v) is 19.7. The van der Waals surface area contributed by atoms with Gasteiger partial charge in [-0.15, -0.1) is 0 Å². The third-order valence-corrected chi connectivity index (χ3v) is 3.39. The molecule has 0 bridgehead atoms. The van der Waals surface area contributed by atoms with Crippen molar-refractivity contribution in [2.24, 2.45) is 5.92 Å². The monoisotopic (exact) mass is 390 g/mol. The van der Waals surface area contributed by atoms with Crippen LogP contribution in [-0.2, 0) is 17.8 Å². The molecule has 0 saturated carbocycles. The fraction of sp³-hybridized carbons (Fsp3) is 0.560. The lowest BCUT2D eigenvalue weighted by molar-refractivity contribution is -0.904. The predicted molar refractivity (Wildman–Crippen MR) is 121 cm³/mol. The number of pyridine rings is 1. The Balaban J connectivity index is 0. The lowest BCUT2D eigenvalue weighted by atomic mass is 9.91. The van der Waals surface area contributed by atoms with Crippen molar-refractivity contribution in [1.29, 1.82) is 0 Å². The molecule has 3 rings (SSSR count). The van der Waals surface area contributed by atoms with Gasteiger partial charge in [0.15, 0.2) is 0 Å². The lowest BCUT2D eigenvalue weighted by Gasteiger charge is -2.21. The summed E-state index contributed by atoms with van der Waals surface area (Å²) in [5.74, 6) is 1.47. The Labute approximate surface area is 174 Å². The van der Waals surface area contributed by atoms with Crippen LogP contribution >= 0.6 is 0 Å². The molecule has 0 fully saturated rings. The third kappa shape index (κ3) is 13.3. The van der Waals surface area contributed by atoms with E-state index >= 15 is 0 Å². The average molecular weight is 391 g/mol. The summed E-state index contributed by atoms with van der Waals surface area (Å²) in [5.41, 5.74) is 4.42. The van der Waals surface area contributed by atoms with Crippen molar-refractivity contribution in [3.8, 4) is 0 Å². The SMILES string of the molecule is CC.CC.CC(C)C.CC(C)c1cccc2c1CCOC2.O[n+]1ccccc1. The Morgan fingerprint density at radius 3 is 1.82 bits per heavy atom. The second-order valence-electron chi connectivity index (χ2n) is 6.93. The standard InChI is InChI=1S/C12H16O.C5H6NO.C4H10.2C2H6/c1-9(2)11-5-3-4-10-8-13-7-6-12(10)11;7-6-4-2-1-3-5-6;1-4(2)3;2*1-2/h3-5,9H,6-8H2,1-2H3;1-5,7H;4H,1-3H3;2*1-2H3/q;+1;;;. The Kier molecular flexibility index (Phi) is 18.7. The van der Waals surface area contributed by atoms with E-state index in [-0.39, 0.29) is 0 Å². The Morgan fingerprint density at radius 2 is 1.39 bits per heavy atom. The van der Waals surface area contributed by atoms with Gasteiger partial charge in [0.2, 0.25) is 12.4 Å². The zero-order chi connectivity index (χ0) is 21.9. The smallest absolute Gasteiger partial charge is 0.222 e. The van der Waals surface area contributed by atoms with Crippen molar-refractivity contribution >= 4 is 0 Å². The van der Waals surface area contributed by atoms with Gasteiger partial charge in [0, 0.05) is 16.9 Å². The molecule has 0 saturated heterocycles. The van der Waals surface area contributed by atoms with Crippen LogP contribution in [0.4, 0.5) is 0 Å². The van der Waals surface area contributed by atoms with Gasteiger partial charge in [-0.2, -0.15) is 0 Å². The zero-order valence-electron chi connectivity index (χ0n) is 19.7. The van der Waals surface area contributed by atoms with Gasteiger partial charge in [0.05, 0.1) is 13.2 Å². The molecule has 0 amide bonds. The quantitative estimate of drug-likeness (QED) is 0.428. The summed E-state index contributed by atoms with van der Waals surface area (Å²) in [5, 5.41) is 8.55. The van der Waals surface area contributed by atoms with Crippen LogP contribution in [0.25, 0.3) is 0 Å². The van der Waals surface area contributed by atoms with E-state index in [1.807, 2.05) is 33.8 Å². The normalized spacial score (nSPS) is 11.2. The minimum Gasteiger partial charge on any atom is -0.376 e. The molecule has 1 aliphatic rings. The van der Waals surface area contributed by atoms with E-state index in [4.69, 9.17) is 9.94 Å². The van der Waals surface area contributed by atoms with Crippen molar-refractivity contribution in [3.05, 3.63) is 65.5 Å². The highest BCUT2D eigenvalue weighted by Crippen LogP contribution is 2.26. The summed E-state index contributed by atoms with van der Waals surface area (Å²) in [6, 6.07) is 11.9. The maximum atomic E-state index is 8.55. The number of fused-ring (bicyclic) bond motifs is 1. The number of hydrogen-bond donors (Lipinski definition) is 1. The van der Waals surface area contributed by atoms with Gasteiger partial charge < -0.3 is 4.74 Å². The van der Waals surface area contributed by atoms with Crippen molar-refractivity contribution in [3.63, 3.8) is 0 Å². The largest absolute Gasteiger partial charge is 0.376 e. The molecular weight excluding hydrogens is 346 g/mol. The highest BCUT2D eigenvalue weighted by atomic mass is 16.5. The molecule has 0 spiro atoms. The first kappa shape index (κ1) is 28.3. The van der Waals surface area contributed by atoms with Crippen LogP contribution in [0.2, 0.25) is 0 Å². The van der Waals surface area contributed by atoms with Crippen LogP contribution in [0.15, 0.2) is 48.8 Å². The second-order valence-corrected chi connectivity index (χ2v) is 6.93. The third-order valence-electron chi connectivity index (χ3n) is 3.39. The molecule has 2 heterocycles. The molecule has 3 nitrogen and oxygen atoms in total. The van der Waals surface area contributed by atoms with Gasteiger partial charge in [-0.3, -0.25) is 5.21 Å². The molecular formula is C25H44NO2+. The predicted octanol–water partition coefficient (Wildman–Crippen LogP) is 6.81. The van der Waals surface area contributed by atoms with Gasteiger partial charge in [0.1, 0.15) is 0 Å². The van der Waals surface area contributed by atoms with Gasteiger partial charge in [-0.25, -0.2) is 0 Å². The van der Waals surface area contributed by atoms with Gasteiger partial charge in [-0.05, 0) is 34.9 Å². The maximum absolute atomic E-state index is 8.55. The minimum atomic E-state index is 0.632. The lowest BCUT2D eigenvalue weighted by Crippen LogP contribution is -2.27. The van der Waals surface area contributed by atoms with Crippen LogP contribution in [0.3, 0.4) is 0 Å². The van der Waals surface area contributed by atoms with Crippen LogP contribution < -0.4 is 4.73 Å². The van der Waals surface area contributed by atoms with E-state index in [9.17, 15) is 0 Å². The molecule has 0 radical (unpaired) electrons. The topological polar surface area (TPSA) is 33.3 Å². The molecule has 1 aliphatic heterocycles. The maximum Gasteiger partial charge on any atom is 0.222 e. The molecule has 3 heteroatoms. The van der Waals surface area contributed by atoms with Crippen LogP contribution in [-0.4, -0.2) is 11.8 Å². The fourth-order valence-electron chi connectivity index (χ4n) is 2.38. The molecule has 2 aromatic rings. The molecule has 28 heavy (non-hydrogen) atoms. The van der Waals surface area contributed by atoms with Crippen LogP contribution in [0.5, 0.6) is 0 Å². The van der Waals surface area contributed by atoms with Crippen molar-refractivity contribution in [2.45, 2.75) is 81.3 Å². The van der Waals surface area contributed by atoms with E-state index in [1.54, 1.807) is 24.5 Å². The van der Waals surface area contributed by atoms with Gasteiger partial charge in [0.25, 0.3) is 0 Å². The van der Waals surface area contributed by atoms with Gasteiger partial charge in [-0.1, -0.05) is 86.6 Å². The highest BCUT2D eigenvalue weighted by molar-refractivity contribution is 5.37. The van der Waals surface area contributed by atoms with Crippen molar-refractivity contribution in [2.75, 3.05) is 6.61 Å². The molecule has 1 N–H and O–H groups in total. The fourth-order valence-corrected chi connectivity index (χ4v) is 2.38. The number of hydrogen-bond acceptors (Lipinski definition) is 2. The molecule has 0 atom stereocenters. The van der Waals surface area contributed by atoms with E-state index < -0.39 is 0 Å². The molecule has 0 unspecified atom stereocenters. The Morgan fingerprint density at radius 1 is 0.857 bits per heavy atom. The van der Waals surface area contributed by atoms with Crippen LogP contribution in [0.1, 0.15) is 84.9 Å². The Bertz CT molecular complexity index is 578. The van der Waals surface area contributed by atoms with E-state index in [0.717, 1.165) is 30.3 Å². The minimum absolute atomic E-state index is 0.632. The molecule has 1 aromatic carbocycles. The Hall–Kier alpha value is -1.87. The first-order chi connectivity index (χ1) is 13.4. The molecule has 1 aromatic heterocycles. The van der Waals surface area contributed by atoms with Crippen molar-refractivity contribution in [1.82, 2.24) is 0 Å². The van der Waals surface area contributed by atoms with Crippen LogP contribution in [0, 0.1) is 5.92 Å². The number of ether oxygens (including phenoxy) is 1. The van der Waals surface area contributed by atoms with E-state index in [1.165, 1.54) is 16.7 Å². The summed E-state index contributed by atoms with van der Waals surface area (Å²) < 4.78 is 6.43. The highest BCUT2D eigenvalue weighted by Gasteiger charge is 2.14. The van der Waals surface area contributed by atoms with Crippen molar-refractivity contribution < 1.29 is 14.7 Å². The summed E-state index contributed by atoms with van der Waals surface area (Å²) in [4.78, 5) is 0. The summed E-state index contributed by atoms with van der Waals surface area (Å²) >= 11 is 0. The number of aromatic nitrogens is 1. The average Bonchev–Trinajstić information content (AvgIpc) is 2.71. The van der Waals surface area contributed by atoms with Gasteiger partial charge >= 0.3 is 0 Å². The first-order valence-corrected chi connectivity index (χ1v) is 10.8. The van der Waals surface area contributed by atoms with E-state index in [0.29, 0.717) is 5.92 Å². The summed E-state index contributed by atoms with van der Waals surface area (Å²) in [7, 11) is 0. The summed E-state index contributed by atoms with van der Waals surface area (Å²) in [6.07, 6.45) is 4.20. The second kappa shape index (κ2) is 18.5. The molecule has 0 aliphatic carbocycles. The first-order valence-electron chi connectivity index (χ1n) is 10.8. The molecule has 160 valence electrons. The van der Waals surface area contributed by atoms with E-state index in [2.05, 4.69) is 52.8 Å². The number of benzene rings is 1.